The number of esters is 1. The molecule has 0 aliphatic carbocycles. The monoisotopic (exact) mass is 433 g/mol. The molecule has 2 heterocycles. The highest BCUT2D eigenvalue weighted by atomic mass is 16.5. The number of piperazine rings is 1. The standard InChI is InChI=1S/C22H31N3O6/c1-2-11-30-21(27)13-18-22(28)23-9-10-25(18)14-20(26)24-17-7-3-4-8-19(17)31-15-16-6-5-12-29-16/h3-4,7-8,16,18H,2,5-6,9-15H2,1H3,(H,23,28)(H,24,26). The van der Waals surface area contributed by atoms with Crippen LogP contribution in [-0.4, -0.2) is 74.3 Å². The first-order valence-electron chi connectivity index (χ1n) is 10.9. The van der Waals surface area contributed by atoms with Crippen LogP contribution in [0.25, 0.3) is 0 Å². The van der Waals surface area contributed by atoms with E-state index in [-0.39, 0.29) is 30.9 Å². The first kappa shape index (κ1) is 23.0. The maximum Gasteiger partial charge on any atom is 0.307 e. The van der Waals surface area contributed by atoms with E-state index in [1.54, 1.807) is 17.0 Å². The number of ether oxygens (including phenoxy) is 3. The van der Waals surface area contributed by atoms with Gasteiger partial charge in [0.25, 0.3) is 0 Å². The number of para-hydroxylation sites is 2. The van der Waals surface area contributed by atoms with E-state index in [1.165, 1.54) is 0 Å². The number of anilines is 1. The molecule has 3 rings (SSSR count). The molecule has 0 saturated carbocycles. The van der Waals surface area contributed by atoms with Crippen molar-refractivity contribution in [2.24, 2.45) is 0 Å². The molecule has 31 heavy (non-hydrogen) atoms. The van der Waals surface area contributed by atoms with Crippen molar-refractivity contribution in [3.05, 3.63) is 24.3 Å². The topological polar surface area (TPSA) is 106 Å². The van der Waals surface area contributed by atoms with E-state index in [0.717, 1.165) is 19.4 Å². The third kappa shape index (κ3) is 6.93. The molecule has 2 amide bonds. The van der Waals surface area contributed by atoms with E-state index in [1.807, 2.05) is 19.1 Å². The molecule has 1 aromatic rings. The number of carbonyl (C=O) groups excluding carboxylic acids is 3. The number of hydrogen-bond donors (Lipinski definition) is 2. The van der Waals surface area contributed by atoms with E-state index < -0.39 is 12.0 Å². The van der Waals surface area contributed by atoms with Crippen LogP contribution < -0.4 is 15.4 Å². The summed E-state index contributed by atoms with van der Waals surface area (Å²) in [6.45, 7) is 4.29. The SMILES string of the molecule is CCCOC(=O)CC1C(=O)NCCN1CC(=O)Nc1ccccc1OCC1CCCO1. The Morgan fingerprint density at radius 1 is 1.32 bits per heavy atom. The third-order valence-electron chi connectivity index (χ3n) is 5.23. The number of rotatable bonds is 10. The average Bonchev–Trinajstić information content (AvgIpc) is 3.28. The predicted octanol–water partition coefficient (Wildman–Crippen LogP) is 1.33. The van der Waals surface area contributed by atoms with Crippen LogP contribution >= 0.6 is 0 Å². The zero-order valence-electron chi connectivity index (χ0n) is 17.9. The van der Waals surface area contributed by atoms with Gasteiger partial charge in [-0.15, -0.1) is 0 Å². The van der Waals surface area contributed by atoms with Crippen molar-refractivity contribution >= 4 is 23.5 Å². The lowest BCUT2D eigenvalue weighted by atomic mass is 10.1. The van der Waals surface area contributed by atoms with Crippen molar-refractivity contribution < 1.29 is 28.6 Å². The molecule has 2 aliphatic heterocycles. The van der Waals surface area contributed by atoms with Gasteiger partial charge in [-0.25, -0.2) is 0 Å². The average molecular weight is 434 g/mol. The lowest BCUT2D eigenvalue weighted by Gasteiger charge is -2.33. The summed E-state index contributed by atoms with van der Waals surface area (Å²) < 4.78 is 16.5. The van der Waals surface area contributed by atoms with Crippen LogP contribution in [0.5, 0.6) is 5.75 Å². The molecule has 9 nitrogen and oxygen atoms in total. The molecule has 9 heteroatoms. The second kappa shape index (κ2) is 11.7. The fourth-order valence-electron chi connectivity index (χ4n) is 3.63. The predicted molar refractivity (Wildman–Crippen MR) is 114 cm³/mol. The maximum absolute atomic E-state index is 12.7. The lowest BCUT2D eigenvalue weighted by molar-refractivity contribution is -0.148. The summed E-state index contributed by atoms with van der Waals surface area (Å²) in [4.78, 5) is 38.7. The normalized spacial score (nSPS) is 21.4. The van der Waals surface area contributed by atoms with E-state index >= 15 is 0 Å². The van der Waals surface area contributed by atoms with Crippen LogP contribution in [0.3, 0.4) is 0 Å². The largest absolute Gasteiger partial charge is 0.489 e. The summed E-state index contributed by atoms with van der Waals surface area (Å²) in [6, 6.07) is 6.49. The summed E-state index contributed by atoms with van der Waals surface area (Å²) in [5, 5.41) is 5.61. The molecule has 2 N–H and O–H groups in total. The van der Waals surface area contributed by atoms with Crippen LogP contribution in [0.4, 0.5) is 5.69 Å². The Morgan fingerprint density at radius 2 is 2.16 bits per heavy atom. The maximum atomic E-state index is 12.7. The molecule has 2 fully saturated rings. The molecule has 1 aromatic carbocycles. The van der Waals surface area contributed by atoms with E-state index in [2.05, 4.69) is 10.6 Å². The molecule has 0 radical (unpaired) electrons. The molecule has 0 aromatic heterocycles. The Balaban J connectivity index is 1.57. The third-order valence-corrected chi connectivity index (χ3v) is 5.23. The zero-order chi connectivity index (χ0) is 22.1. The molecular weight excluding hydrogens is 402 g/mol. The van der Waals surface area contributed by atoms with Gasteiger partial charge in [0.1, 0.15) is 18.4 Å². The van der Waals surface area contributed by atoms with E-state index in [9.17, 15) is 14.4 Å². The molecular formula is C22H31N3O6. The quantitative estimate of drug-likeness (QED) is 0.536. The van der Waals surface area contributed by atoms with Gasteiger partial charge >= 0.3 is 5.97 Å². The Hall–Kier alpha value is -2.65. The second-order valence-corrected chi connectivity index (χ2v) is 7.69. The fourth-order valence-corrected chi connectivity index (χ4v) is 3.63. The first-order chi connectivity index (χ1) is 15.1. The second-order valence-electron chi connectivity index (χ2n) is 7.69. The van der Waals surface area contributed by atoms with Gasteiger partial charge in [-0.3, -0.25) is 19.3 Å². The molecule has 0 bridgehead atoms. The first-order valence-corrected chi connectivity index (χ1v) is 10.9. The summed E-state index contributed by atoms with van der Waals surface area (Å²) >= 11 is 0. The minimum Gasteiger partial charge on any atom is -0.489 e. The van der Waals surface area contributed by atoms with Crippen molar-refractivity contribution in [2.75, 3.05) is 44.8 Å². The van der Waals surface area contributed by atoms with Crippen molar-refractivity contribution in [3.63, 3.8) is 0 Å². The van der Waals surface area contributed by atoms with Gasteiger partial charge in [0.15, 0.2) is 0 Å². The molecule has 170 valence electrons. The summed E-state index contributed by atoms with van der Waals surface area (Å²) in [6.07, 6.45) is 2.70. The van der Waals surface area contributed by atoms with Gasteiger partial charge in [0.2, 0.25) is 11.8 Å². The van der Waals surface area contributed by atoms with Gasteiger partial charge < -0.3 is 24.8 Å². The van der Waals surface area contributed by atoms with Crippen LogP contribution in [0, 0.1) is 0 Å². The smallest absolute Gasteiger partial charge is 0.307 e. The molecule has 2 atom stereocenters. The van der Waals surface area contributed by atoms with Gasteiger partial charge in [0, 0.05) is 19.7 Å². The van der Waals surface area contributed by atoms with Crippen LogP contribution in [0.2, 0.25) is 0 Å². The highest BCUT2D eigenvalue weighted by Gasteiger charge is 2.33. The number of nitrogens with zero attached hydrogens (tertiary/aromatic N) is 1. The highest BCUT2D eigenvalue weighted by molar-refractivity contribution is 5.94. The number of hydrogen-bond acceptors (Lipinski definition) is 7. The molecule has 0 spiro atoms. The minimum absolute atomic E-state index is 0.0147. The van der Waals surface area contributed by atoms with Crippen molar-refractivity contribution in [1.29, 1.82) is 0 Å². The highest BCUT2D eigenvalue weighted by Crippen LogP contribution is 2.25. The van der Waals surface area contributed by atoms with Crippen molar-refractivity contribution in [2.45, 2.75) is 44.8 Å². The van der Waals surface area contributed by atoms with Gasteiger partial charge in [-0.2, -0.15) is 0 Å². The van der Waals surface area contributed by atoms with Crippen LogP contribution in [-0.2, 0) is 23.9 Å². The van der Waals surface area contributed by atoms with Crippen LogP contribution in [0.1, 0.15) is 32.6 Å². The Labute approximate surface area is 182 Å². The van der Waals surface area contributed by atoms with Gasteiger partial charge in [-0.1, -0.05) is 19.1 Å². The van der Waals surface area contributed by atoms with E-state index in [4.69, 9.17) is 14.2 Å². The minimum atomic E-state index is -0.727. The fraction of sp³-hybridized carbons (Fsp3) is 0.591. The number of carbonyl (C=O) groups is 3. The van der Waals surface area contributed by atoms with Gasteiger partial charge in [-0.05, 0) is 31.4 Å². The molecule has 2 saturated heterocycles. The Morgan fingerprint density at radius 3 is 2.94 bits per heavy atom. The van der Waals surface area contributed by atoms with Crippen molar-refractivity contribution in [1.82, 2.24) is 10.2 Å². The molecule has 2 aliphatic rings. The summed E-state index contributed by atoms with van der Waals surface area (Å²) in [7, 11) is 0. The number of nitrogens with one attached hydrogen (secondary N) is 2. The van der Waals surface area contributed by atoms with Crippen LogP contribution in [0.15, 0.2) is 24.3 Å². The lowest BCUT2D eigenvalue weighted by Crippen LogP contribution is -2.57. The Bertz CT molecular complexity index is 765. The van der Waals surface area contributed by atoms with E-state index in [0.29, 0.717) is 44.2 Å². The Kier molecular flexibility index (Phi) is 8.66. The van der Waals surface area contributed by atoms with Crippen molar-refractivity contribution in [3.8, 4) is 5.75 Å². The van der Waals surface area contributed by atoms with Gasteiger partial charge in [0.05, 0.1) is 31.4 Å². The number of amides is 2. The zero-order valence-corrected chi connectivity index (χ0v) is 17.9. The molecule has 2 unspecified atom stereocenters. The summed E-state index contributed by atoms with van der Waals surface area (Å²) in [5.74, 6) is -0.424. The number of benzene rings is 1. The summed E-state index contributed by atoms with van der Waals surface area (Å²) in [5.41, 5.74) is 0.561.